The van der Waals surface area contributed by atoms with Crippen molar-refractivity contribution in [3.8, 4) is 0 Å². The van der Waals surface area contributed by atoms with Crippen molar-refractivity contribution < 1.29 is 33.0 Å². The highest BCUT2D eigenvalue weighted by Crippen LogP contribution is 2.29. The monoisotopic (exact) mass is 390 g/mol. The topological polar surface area (TPSA) is 98.7 Å². The van der Waals surface area contributed by atoms with Gasteiger partial charge < -0.3 is 20.8 Å². The summed E-state index contributed by atoms with van der Waals surface area (Å²) < 4.78 is 37.4. The number of nitrogens with one attached hydrogen (secondary N) is 2. The predicted octanol–water partition coefficient (Wildman–Crippen LogP) is 1.60. The molecule has 0 bridgehead atoms. The number of amides is 2. The summed E-state index contributed by atoms with van der Waals surface area (Å²) in [7, 11) is 0. The Morgan fingerprint density at radius 3 is 2.22 bits per heavy atom. The van der Waals surface area contributed by atoms with E-state index in [9.17, 15) is 27.9 Å². The Morgan fingerprint density at radius 2 is 1.70 bits per heavy atom. The van der Waals surface area contributed by atoms with Crippen molar-refractivity contribution in [2.75, 3.05) is 13.2 Å². The van der Waals surface area contributed by atoms with Gasteiger partial charge in [0.05, 0.1) is 12.2 Å². The first kappa shape index (κ1) is 22.9. The Bertz CT molecular complexity index is 630. The molecule has 0 aliphatic heterocycles. The molecule has 0 fully saturated rings. The van der Waals surface area contributed by atoms with Crippen molar-refractivity contribution in [1.29, 1.82) is 0 Å². The first-order valence-electron chi connectivity index (χ1n) is 8.47. The van der Waals surface area contributed by atoms with E-state index in [0.29, 0.717) is 12.0 Å². The third kappa shape index (κ3) is 7.56. The quantitative estimate of drug-likeness (QED) is 0.482. The molecule has 0 spiro atoms. The summed E-state index contributed by atoms with van der Waals surface area (Å²) in [6, 6.07) is 4.51. The molecule has 0 saturated heterocycles. The Labute approximate surface area is 155 Å². The lowest BCUT2D eigenvalue weighted by atomic mass is 9.87. The molecule has 1 rings (SSSR count). The van der Waals surface area contributed by atoms with Gasteiger partial charge >= 0.3 is 6.18 Å². The van der Waals surface area contributed by atoms with Gasteiger partial charge in [-0.15, -0.1) is 0 Å². The largest absolute Gasteiger partial charge is 0.416 e. The number of carbonyl (C=O) groups is 2. The molecule has 2 amide bonds. The molecule has 9 heteroatoms. The van der Waals surface area contributed by atoms with Gasteiger partial charge in [0, 0.05) is 24.9 Å². The van der Waals surface area contributed by atoms with Crippen molar-refractivity contribution in [3.63, 3.8) is 0 Å². The molecule has 0 aliphatic rings. The summed E-state index contributed by atoms with van der Waals surface area (Å²) in [5, 5.41) is 24.0. The van der Waals surface area contributed by atoms with E-state index in [1.807, 2.05) is 0 Å². The Balaban J connectivity index is 2.29. The number of aliphatic hydroxyl groups excluding tert-OH is 2. The third-order valence-electron chi connectivity index (χ3n) is 4.05. The Kier molecular flexibility index (Phi) is 8.23. The average molecular weight is 390 g/mol. The molecular weight excluding hydrogens is 365 g/mol. The Hall–Kier alpha value is -2.13. The zero-order chi connectivity index (χ0) is 20.7. The summed E-state index contributed by atoms with van der Waals surface area (Å²) in [5.41, 5.74) is -1.18. The number of aliphatic hydroxyl groups is 2. The number of benzene rings is 1. The van der Waals surface area contributed by atoms with Crippen LogP contribution in [-0.4, -0.2) is 41.3 Å². The van der Waals surface area contributed by atoms with Gasteiger partial charge in [0.2, 0.25) is 11.8 Å². The van der Waals surface area contributed by atoms with Gasteiger partial charge in [-0.2, -0.15) is 13.2 Å². The van der Waals surface area contributed by atoms with Gasteiger partial charge in [0.15, 0.2) is 0 Å². The molecule has 0 unspecified atom stereocenters. The molecule has 6 nitrogen and oxygen atoms in total. The van der Waals surface area contributed by atoms with E-state index in [-0.39, 0.29) is 32.0 Å². The highest BCUT2D eigenvalue weighted by Gasteiger charge is 2.32. The van der Waals surface area contributed by atoms with E-state index in [2.05, 4.69) is 10.6 Å². The second-order valence-electron chi connectivity index (χ2n) is 6.92. The molecule has 152 valence electrons. The first-order valence-corrected chi connectivity index (χ1v) is 8.47. The fourth-order valence-corrected chi connectivity index (χ4v) is 2.10. The predicted molar refractivity (Wildman–Crippen MR) is 92.4 cm³/mol. The van der Waals surface area contributed by atoms with Crippen LogP contribution < -0.4 is 10.6 Å². The molecular formula is C18H25F3N2O4. The SMILES string of the molecule is CC(C)(CO)[C@@H](O)C(=O)NCCCC(=O)NCc1ccc(C(F)(F)F)cc1. The Morgan fingerprint density at radius 1 is 1.11 bits per heavy atom. The fourth-order valence-electron chi connectivity index (χ4n) is 2.10. The standard InChI is InChI=1S/C18H25F3N2O4/c1-17(2,11-24)15(26)16(27)22-9-3-4-14(25)23-10-12-5-7-13(8-6-12)18(19,20)21/h5-8,15,24,26H,3-4,9-11H2,1-2H3,(H,22,27)(H,23,25)/t15-/m0/s1. The molecule has 0 saturated carbocycles. The molecule has 0 aromatic heterocycles. The van der Waals surface area contributed by atoms with Crippen LogP contribution in [0.2, 0.25) is 0 Å². The molecule has 0 aliphatic carbocycles. The highest BCUT2D eigenvalue weighted by atomic mass is 19.4. The van der Waals surface area contributed by atoms with E-state index in [0.717, 1.165) is 12.1 Å². The molecule has 1 atom stereocenters. The van der Waals surface area contributed by atoms with E-state index in [1.165, 1.54) is 12.1 Å². The van der Waals surface area contributed by atoms with Gasteiger partial charge in [0.1, 0.15) is 6.10 Å². The van der Waals surface area contributed by atoms with Crippen LogP contribution in [-0.2, 0) is 22.3 Å². The number of alkyl halides is 3. The lowest BCUT2D eigenvalue weighted by Gasteiger charge is -2.27. The van der Waals surface area contributed by atoms with Crippen LogP contribution in [0.4, 0.5) is 13.2 Å². The lowest BCUT2D eigenvalue weighted by Crippen LogP contribution is -2.45. The van der Waals surface area contributed by atoms with E-state index in [1.54, 1.807) is 13.8 Å². The highest BCUT2D eigenvalue weighted by molar-refractivity contribution is 5.81. The molecule has 0 heterocycles. The molecule has 1 aromatic carbocycles. The zero-order valence-corrected chi connectivity index (χ0v) is 15.3. The summed E-state index contributed by atoms with van der Waals surface area (Å²) in [6.07, 6.45) is -5.32. The second-order valence-corrected chi connectivity index (χ2v) is 6.92. The molecule has 4 N–H and O–H groups in total. The lowest BCUT2D eigenvalue weighted by molar-refractivity contribution is -0.138. The molecule has 27 heavy (non-hydrogen) atoms. The number of rotatable bonds is 9. The molecule has 1 aromatic rings. The normalized spacial score (nSPS) is 13.1. The van der Waals surface area contributed by atoms with Crippen LogP contribution in [0.3, 0.4) is 0 Å². The van der Waals surface area contributed by atoms with Crippen LogP contribution >= 0.6 is 0 Å². The van der Waals surface area contributed by atoms with Gasteiger partial charge in [-0.3, -0.25) is 9.59 Å². The summed E-state index contributed by atoms with van der Waals surface area (Å²) >= 11 is 0. The van der Waals surface area contributed by atoms with Crippen LogP contribution in [0.1, 0.15) is 37.8 Å². The second kappa shape index (κ2) is 9.70. The fraction of sp³-hybridized carbons (Fsp3) is 0.556. The van der Waals surface area contributed by atoms with Crippen molar-refractivity contribution in [3.05, 3.63) is 35.4 Å². The van der Waals surface area contributed by atoms with Gasteiger partial charge in [0.25, 0.3) is 0 Å². The van der Waals surface area contributed by atoms with Crippen molar-refractivity contribution in [2.45, 2.75) is 45.5 Å². The number of halogens is 3. The third-order valence-corrected chi connectivity index (χ3v) is 4.05. The van der Waals surface area contributed by atoms with Crippen molar-refractivity contribution in [1.82, 2.24) is 10.6 Å². The van der Waals surface area contributed by atoms with Crippen LogP contribution in [0.25, 0.3) is 0 Å². The van der Waals surface area contributed by atoms with Gasteiger partial charge in [-0.1, -0.05) is 26.0 Å². The maximum atomic E-state index is 12.5. The van der Waals surface area contributed by atoms with Crippen molar-refractivity contribution in [2.24, 2.45) is 5.41 Å². The van der Waals surface area contributed by atoms with Gasteiger partial charge in [-0.05, 0) is 24.1 Å². The van der Waals surface area contributed by atoms with Crippen LogP contribution in [0.15, 0.2) is 24.3 Å². The van der Waals surface area contributed by atoms with Crippen LogP contribution in [0.5, 0.6) is 0 Å². The minimum atomic E-state index is -4.40. The zero-order valence-electron chi connectivity index (χ0n) is 15.3. The van der Waals surface area contributed by atoms with Crippen LogP contribution in [0, 0.1) is 5.41 Å². The first-order chi connectivity index (χ1) is 12.5. The molecule has 0 radical (unpaired) electrons. The maximum absolute atomic E-state index is 12.5. The minimum absolute atomic E-state index is 0.104. The minimum Gasteiger partial charge on any atom is -0.396 e. The smallest absolute Gasteiger partial charge is 0.396 e. The van der Waals surface area contributed by atoms with E-state index >= 15 is 0 Å². The summed E-state index contributed by atoms with van der Waals surface area (Å²) in [6.45, 7) is 3.02. The van der Waals surface area contributed by atoms with Gasteiger partial charge in [-0.25, -0.2) is 0 Å². The van der Waals surface area contributed by atoms with E-state index < -0.39 is 29.2 Å². The number of hydrogen-bond acceptors (Lipinski definition) is 4. The van der Waals surface area contributed by atoms with Crippen molar-refractivity contribution >= 4 is 11.8 Å². The number of carbonyl (C=O) groups excluding carboxylic acids is 2. The average Bonchev–Trinajstić information content (AvgIpc) is 2.62. The summed E-state index contributed by atoms with van der Waals surface area (Å²) in [5.74, 6) is -0.931. The summed E-state index contributed by atoms with van der Waals surface area (Å²) in [4.78, 5) is 23.5. The number of hydrogen-bond donors (Lipinski definition) is 4. The van der Waals surface area contributed by atoms with E-state index in [4.69, 9.17) is 5.11 Å². The maximum Gasteiger partial charge on any atom is 0.416 e.